The summed E-state index contributed by atoms with van der Waals surface area (Å²) >= 11 is 11.9. The zero-order valence-electron chi connectivity index (χ0n) is 13.7. The minimum absolute atomic E-state index is 0.149. The van der Waals surface area contributed by atoms with Crippen molar-refractivity contribution in [1.82, 2.24) is 0 Å². The summed E-state index contributed by atoms with van der Waals surface area (Å²) in [7, 11) is -4.29. The lowest BCUT2D eigenvalue weighted by Gasteiger charge is -2.22. The third-order valence-electron chi connectivity index (χ3n) is 3.48. The van der Waals surface area contributed by atoms with Gasteiger partial charge in [-0.2, -0.15) is 13.2 Å². The number of likely N-dealkylation sites (N-methyl/N-ethyl adjacent to an activating group) is 1. The van der Waals surface area contributed by atoms with Gasteiger partial charge < -0.3 is 10.2 Å². The number of rotatable bonds is 5. The lowest BCUT2D eigenvalue weighted by atomic mass is 10.3. The van der Waals surface area contributed by atoms with E-state index in [1.807, 2.05) is 0 Å². The lowest BCUT2D eigenvalue weighted by Crippen LogP contribution is -2.32. The normalized spacial score (nSPS) is 11.9. The number of sulfone groups is 1. The molecule has 0 bridgehead atoms. The first-order valence-electron chi connectivity index (χ1n) is 7.30. The molecule has 0 unspecified atom stereocenters. The van der Waals surface area contributed by atoms with Gasteiger partial charge in [0.2, 0.25) is 5.91 Å². The molecule has 0 fully saturated rings. The van der Waals surface area contributed by atoms with E-state index in [-0.39, 0.29) is 21.4 Å². The number of nitrogens with one attached hydrogen (secondary N) is 1. The third kappa shape index (κ3) is 4.66. The number of carbonyl (C=O) groups excluding carboxylic acids is 1. The van der Waals surface area contributed by atoms with Crippen LogP contribution < -0.4 is 10.2 Å². The highest BCUT2D eigenvalue weighted by atomic mass is 35.5. The summed E-state index contributed by atoms with van der Waals surface area (Å²) in [6.45, 7) is -0.439. The quantitative estimate of drug-likeness (QED) is 0.749. The van der Waals surface area contributed by atoms with Gasteiger partial charge in [0, 0.05) is 7.05 Å². The fourth-order valence-corrected chi connectivity index (χ4v) is 3.72. The van der Waals surface area contributed by atoms with E-state index in [1.165, 1.54) is 37.4 Å². The van der Waals surface area contributed by atoms with Crippen LogP contribution >= 0.6 is 23.2 Å². The van der Waals surface area contributed by atoms with Crippen molar-refractivity contribution in [3.63, 3.8) is 0 Å². The Balaban J connectivity index is 2.27. The van der Waals surface area contributed by atoms with Crippen molar-refractivity contribution in [3.8, 4) is 0 Å². The summed E-state index contributed by atoms with van der Waals surface area (Å²) in [5.41, 5.74) is -5.58. The van der Waals surface area contributed by atoms with Crippen molar-refractivity contribution >= 4 is 50.3 Å². The number of nitrogens with zero attached hydrogens (tertiary/aromatic N) is 1. The molecule has 2 rings (SSSR count). The first-order valence-corrected chi connectivity index (χ1v) is 9.54. The number of alkyl halides is 3. The van der Waals surface area contributed by atoms with E-state index in [2.05, 4.69) is 5.32 Å². The molecule has 11 heteroatoms. The molecule has 0 aliphatic rings. The summed E-state index contributed by atoms with van der Waals surface area (Å²) in [5, 5.41) is 2.81. The van der Waals surface area contributed by atoms with Gasteiger partial charge in [0.05, 0.1) is 32.9 Å². The smallest absolute Gasteiger partial charge is 0.364 e. The average molecular weight is 441 g/mol. The summed E-state index contributed by atoms with van der Waals surface area (Å²) in [6, 6.07) is 9.11. The summed E-state index contributed by atoms with van der Waals surface area (Å²) in [4.78, 5) is 12.4. The van der Waals surface area contributed by atoms with Crippen molar-refractivity contribution in [2.75, 3.05) is 23.8 Å². The second-order valence-corrected chi connectivity index (χ2v) is 8.14. The van der Waals surface area contributed by atoms with Gasteiger partial charge in [-0.1, -0.05) is 41.4 Å². The molecule has 0 saturated heterocycles. The van der Waals surface area contributed by atoms with Gasteiger partial charge >= 0.3 is 5.51 Å². The van der Waals surface area contributed by atoms with Gasteiger partial charge in [0.25, 0.3) is 9.84 Å². The number of amides is 1. The molecule has 1 amide bonds. The van der Waals surface area contributed by atoms with Crippen LogP contribution in [0.5, 0.6) is 0 Å². The van der Waals surface area contributed by atoms with Crippen molar-refractivity contribution in [3.05, 3.63) is 52.5 Å². The zero-order chi connectivity index (χ0) is 20.4. The maximum absolute atomic E-state index is 12.9. The van der Waals surface area contributed by atoms with Gasteiger partial charge in [-0.05, 0) is 24.3 Å². The van der Waals surface area contributed by atoms with E-state index in [0.717, 1.165) is 11.0 Å². The average Bonchev–Trinajstić information content (AvgIpc) is 2.57. The lowest BCUT2D eigenvalue weighted by molar-refractivity contribution is -0.114. The maximum Gasteiger partial charge on any atom is 0.501 e. The highest BCUT2D eigenvalue weighted by molar-refractivity contribution is 7.92. The molecule has 0 heterocycles. The monoisotopic (exact) mass is 440 g/mol. The van der Waals surface area contributed by atoms with E-state index in [4.69, 9.17) is 23.2 Å². The molecule has 1 N–H and O–H groups in total. The minimum atomic E-state index is -5.58. The fraction of sp³-hybridized carbons (Fsp3) is 0.188. The van der Waals surface area contributed by atoms with Crippen molar-refractivity contribution in [2.24, 2.45) is 0 Å². The Morgan fingerprint density at radius 3 is 2.19 bits per heavy atom. The fourth-order valence-electron chi connectivity index (χ4n) is 2.22. The molecule has 2 aromatic rings. The number of hydrogen-bond donors (Lipinski definition) is 1. The SMILES string of the molecule is CN(CC(=O)Nc1c(Cl)cccc1Cl)c1ccccc1S(=O)(=O)C(F)(F)F. The second-order valence-electron chi connectivity index (χ2n) is 5.42. The second kappa shape index (κ2) is 7.95. The molecule has 5 nitrogen and oxygen atoms in total. The van der Waals surface area contributed by atoms with Crippen molar-refractivity contribution in [1.29, 1.82) is 0 Å². The molecule has 27 heavy (non-hydrogen) atoms. The maximum atomic E-state index is 12.9. The Bertz CT molecular complexity index is 945. The van der Waals surface area contributed by atoms with E-state index in [9.17, 15) is 26.4 Å². The standard InChI is InChI=1S/C16H13Cl2F3N2O3S/c1-23(9-14(24)22-15-10(17)5-4-6-11(15)18)12-7-2-3-8-13(12)27(25,26)16(19,20)21/h2-8H,9H2,1H3,(H,22,24). The molecule has 0 radical (unpaired) electrons. The van der Waals surface area contributed by atoms with Gasteiger partial charge in [-0.25, -0.2) is 8.42 Å². The van der Waals surface area contributed by atoms with Crippen LogP contribution in [0.25, 0.3) is 0 Å². The van der Waals surface area contributed by atoms with Crippen LogP contribution in [0.3, 0.4) is 0 Å². The Kier molecular flexibility index (Phi) is 6.28. The number of benzene rings is 2. The molecular weight excluding hydrogens is 428 g/mol. The van der Waals surface area contributed by atoms with Gasteiger partial charge in [-0.15, -0.1) is 0 Å². The highest BCUT2D eigenvalue weighted by Gasteiger charge is 2.48. The van der Waals surface area contributed by atoms with Crippen molar-refractivity contribution in [2.45, 2.75) is 10.4 Å². The number of hydrogen-bond acceptors (Lipinski definition) is 4. The van der Waals surface area contributed by atoms with Crippen LogP contribution in [0.15, 0.2) is 47.4 Å². The van der Waals surface area contributed by atoms with Crippen LogP contribution in [0.2, 0.25) is 10.0 Å². The summed E-state index contributed by atoms with van der Waals surface area (Å²) < 4.78 is 62.2. The minimum Gasteiger partial charge on any atom is -0.364 e. The molecule has 0 aromatic heterocycles. The summed E-state index contributed by atoms with van der Waals surface area (Å²) in [5.74, 6) is -0.647. The van der Waals surface area contributed by atoms with Crippen LogP contribution in [0.4, 0.5) is 24.5 Å². The van der Waals surface area contributed by atoms with Gasteiger partial charge in [0.15, 0.2) is 0 Å². The van der Waals surface area contributed by atoms with E-state index >= 15 is 0 Å². The van der Waals surface area contributed by atoms with Crippen LogP contribution in [0, 0.1) is 0 Å². The molecule has 146 valence electrons. The van der Waals surface area contributed by atoms with Gasteiger partial charge in [0.1, 0.15) is 0 Å². The van der Waals surface area contributed by atoms with Crippen LogP contribution in [0.1, 0.15) is 0 Å². The number of para-hydroxylation sites is 2. The summed E-state index contributed by atoms with van der Waals surface area (Å²) in [6.07, 6.45) is 0. The van der Waals surface area contributed by atoms with E-state index in [0.29, 0.717) is 0 Å². The highest BCUT2D eigenvalue weighted by Crippen LogP contribution is 2.35. The van der Waals surface area contributed by atoms with E-state index in [1.54, 1.807) is 6.07 Å². The largest absolute Gasteiger partial charge is 0.501 e. The molecule has 0 atom stereocenters. The topological polar surface area (TPSA) is 66.5 Å². The predicted molar refractivity (Wildman–Crippen MR) is 98.0 cm³/mol. The molecule has 2 aromatic carbocycles. The first kappa shape index (κ1) is 21.3. The van der Waals surface area contributed by atoms with Gasteiger partial charge in [-0.3, -0.25) is 4.79 Å². The first-order chi connectivity index (χ1) is 12.4. The van der Waals surface area contributed by atoms with E-state index < -0.39 is 32.7 Å². The molecule has 0 aliphatic heterocycles. The third-order valence-corrected chi connectivity index (χ3v) is 5.64. The predicted octanol–water partition coefficient (Wildman–Crippen LogP) is 4.36. The Labute approximate surface area is 163 Å². The number of anilines is 2. The number of carbonyl (C=O) groups is 1. The number of halogens is 5. The van der Waals surface area contributed by atoms with Crippen LogP contribution in [-0.4, -0.2) is 33.4 Å². The Hall–Kier alpha value is -1.97. The Morgan fingerprint density at radius 2 is 1.63 bits per heavy atom. The molecule has 0 saturated carbocycles. The van der Waals surface area contributed by atoms with Crippen molar-refractivity contribution < 1.29 is 26.4 Å². The van der Waals surface area contributed by atoms with Crippen LogP contribution in [-0.2, 0) is 14.6 Å². The zero-order valence-corrected chi connectivity index (χ0v) is 16.0. The molecule has 0 spiro atoms. The molecular formula is C16H13Cl2F3N2O3S. The molecule has 0 aliphatic carbocycles. The Morgan fingerprint density at radius 1 is 1.07 bits per heavy atom.